The van der Waals surface area contributed by atoms with Crippen LogP contribution in [0, 0.1) is 4.77 Å². The maximum Gasteiger partial charge on any atom is 0.216 e. The first-order chi connectivity index (χ1) is 10.7. The Hall–Kier alpha value is -2.80. The number of nitrogens with zero attached hydrogens (tertiary/aromatic N) is 4. The van der Waals surface area contributed by atoms with Gasteiger partial charge in [-0.25, -0.2) is 5.10 Å². The second-order valence-electron chi connectivity index (χ2n) is 4.53. The zero-order chi connectivity index (χ0) is 15.4. The van der Waals surface area contributed by atoms with E-state index in [1.807, 2.05) is 43.3 Å². The molecule has 0 aliphatic carbocycles. The van der Waals surface area contributed by atoms with Crippen LogP contribution < -0.4 is 0 Å². The lowest BCUT2D eigenvalue weighted by Gasteiger charge is -1.99. The number of rotatable bonds is 4. The molecule has 22 heavy (non-hydrogen) atoms. The van der Waals surface area contributed by atoms with Crippen molar-refractivity contribution in [3.8, 4) is 11.5 Å². The summed E-state index contributed by atoms with van der Waals surface area (Å²) in [7, 11) is 0. The van der Waals surface area contributed by atoms with Gasteiger partial charge in [-0.2, -0.15) is 14.9 Å². The van der Waals surface area contributed by atoms with Crippen molar-refractivity contribution in [3.63, 3.8) is 0 Å². The molecule has 7 heteroatoms. The molecule has 0 unspecified atom stereocenters. The number of aromatic amines is 1. The number of hydrogen-bond acceptors (Lipinski definition) is 5. The van der Waals surface area contributed by atoms with Gasteiger partial charge in [0.15, 0.2) is 0 Å². The molecule has 6 nitrogen and oxygen atoms in total. The van der Waals surface area contributed by atoms with E-state index in [1.165, 1.54) is 4.68 Å². The van der Waals surface area contributed by atoms with E-state index in [9.17, 15) is 0 Å². The van der Waals surface area contributed by atoms with Crippen LogP contribution in [0.25, 0.3) is 17.6 Å². The first-order valence-electron chi connectivity index (χ1n) is 6.59. The van der Waals surface area contributed by atoms with E-state index in [4.69, 9.17) is 16.6 Å². The Morgan fingerprint density at radius 2 is 2.27 bits per heavy atom. The maximum atomic E-state index is 5.26. The molecule has 3 rings (SSSR count). The second kappa shape index (κ2) is 6.31. The molecule has 0 saturated carbocycles. The smallest absolute Gasteiger partial charge is 0.216 e. The van der Waals surface area contributed by atoms with Crippen molar-refractivity contribution in [3.05, 3.63) is 58.9 Å². The van der Waals surface area contributed by atoms with Crippen molar-refractivity contribution < 1.29 is 4.42 Å². The number of allylic oxidation sites excluding steroid dienone is 1. The normalized spacial score (nSPS) is 12.1. The molecule has 1 N–H and O–H groups in total. The lowest BCUT2D eigenvalue weighted by molar-refractivity contribution is 0.557. The maximum absolute atomic E-state index is 5.26. The number of nitrogens with one attached hydrogen (secondary N) is 1. The minimum Gasteiger partial charge on any atom is -0.465 e. The summed E-state index contributed by atoms with van der Waals surface area (Å²) in [5.74, 6) is 1.33. The predicted molar refractivity (Wildman–Crippen MR) is 86.9 cm³/mol. The fraction of sp³-hybridized carbons (Fsp3) is 0.0667. The summed E-state index contributed by atoms with van der Waals surface area (Å²) >= 11 is 5.21. The minimum absolute atomic E-state index is 0.405. The van der Waals surface area contributed by atoms with Gasteiger partial charge in [0.25, 0.3) is 0 Å². The number of H-pyrrole nitrogens is 1. The van der Waals surface area contributed by atoms with Crippen molar-refractivity contribution in [1.82, 2.24) is 19.9 Å². The molecule has 110 valence electrons. The van der Waals surface area contributed by atoms with Gasteiger partial charge < -0.3 is 4.42 Å². The van der Waals surface area contributed by atoms with Crippen LogP contribution >= 0.6 is 12.2 Å². The molecular weight excluding hydrogens is 298 g/mol. The highest BCUT2D eigenvalue weighted by atomic mass is 32.1. The lowest BCUT2D eigenvalue weighted by atomic mass is 10.3. The van der Waals surface area contributed by atoms with Crippen LogP contribution in [0.3, 0.4) is 0 Å². The molecule has 0 fully saturated rings. The van der Waals surface area contributed by atoms with Crippen LogP contribution in [0.5, 0.6) is 0 Å². The standard InChI is InChI=1S/C15H13N5OS/c1-11(9-12-5-4-8-21-12)10-17-20-14(18-19-15(20)22)13-6-2-3-7-16-13/h2-10H,1H3,(H,19,22)/b11-9+,17-10+. The van der Waals surface area contributed by atoms with Gasteiger partial charge in [0.2, 0.25) is 10.6 Å². The summed E-state index contributed by atoms with van der Waals surface area (Å²) < 4.78 is 7.21. The summed E-state index contributed by atoms with van der Waals surface area (Å²) in [5.41, 5.74) is 1.62. The second-order valence-corrected chi connectivity index (χ2v) is 4.91. The molecule has 0 aliphatic rings. The van der Waals surface area contributed by atoms with E-state index in [0.29, 0.717) is 16.3 Å². The van der Waals surface area contributed by atoms with Crippen molar-refractivity contribution in [2.75, 3.05) is 0 Å². The van der Waals surface area contributed by atoms with E-state index in [0.717, 1.165) is 11.3 Å². The van der Waals surface area contributed by atoms with Crippen LogP contribution in [0.15, 0.2) is 57.9 Å². The molecule has 0 saturated heterocycles. The SMILES string of the molecule is CC(/C=N/n1c(-c2ccccn2)n[nH]c1=S)=C\c1ccco1. The Kier molecular flexibility index (Phi) is 4.06. The molecular formula is C15H13N5OS. The van der Waals surface area contributed by atoms with Crippen LogP contribution in [-0.4, -0.2) is 26.1 Å². The number of hydrogen-bond donors (Lipinski definition) is 1. The van der Waals surface area contributed by atoms with E-state index in [2.05, 4.69) is 20.3 Å². The zero-order valence-electron chi connectivity index (χ0n) is 11.8. The molecule has 0 spiro atoms. The number of pyridine rings is 1. The van der Waals surface area contributed by atoms with Gasteiger partial charge in [-0.1, -0.05) is 6.07 Å². The van der Waals surface area contributed by atoms with Gasteiger partial charge in [-0.15, -0.1) is 0 Å². The first-order valence-corrected chi connectivity index (χ1v) is 7.00. The Balaban J connectivity index is 1.91. The highest BCUT2D eigenvalue weighted by Gasteiger charge is 2.08. The van der Waals surface area contributed by atoms with Crippen LogP contribution in [0.2, 0.25) is 0 Å². The third-order valence-electron chi connectivity index (χ3n) is 2.83. The predicted octanol–water partition coefficient (Wildman–Crippen LogP) is 3.53. The van der Waals surface area contributed by atoms with Gasteiger partial charge in [0, 0.05) is 6.20 Å². The average molecular weight is 311 g/mol. The minimum atomic E-state index is 0.405. The van der Waals surface area contributed by atoms with E-state index < -0.39 is 0 Å². The summed E-state index contributed by atoms with van der Waals surface area (Å²) in [6, 6.07) is 9.29. The van der Waals surface area contributed by atoms with Gasteiger partial charge in [0.05, 0.1) is 12.5 Å². The third-order valence-corrected chi connectivity index (χ3v) is 3.10. The van der Waals surface area contributed by atoms with Crippen LogP contribution in [0.4, 0.5) is 0 Å². The summed E-state index contributed by atoms with van der Waals surface area (Å²) in [6.07, 6.45) is 6.90. The molecule has 0 atom stereocenters. The number of furan rings is 1. The topological polar surface area (TPSA) is 72.0 Å². The monoisotopic (exact) mass is 311 g/mol. The summed E-state index contributed by atoms with van der Waals surface area (Å²) in [4.78, 5) is 4.26. The van der Waals surface area contributed by atoms with E-state index in [-0.39, 0.29) is 0 Å². The average Bonchev–Trinajstić information content (AvgIpc) is 3.16. The third kappa shape index (κ3) is 3.09. The fourth-order valence-corrected chi connectivity index (χ4v) is 2.02. The van der Waals surface area contributed by atoms with Crippen molar-refractivity contribution in [2.24, 2.45) is 5.10 Å². The van der Waals surface area contributed by atoms with Crippen LogP contribution in [-0.2, 0) is 0 Å². The molecule has 0 radical (unpaired) electrons. The fourth-order valence-electron chi connectivity index (χ4n) is 1.84. The quantitative estimate of drug-likeness (QED) is 0.591. The largest absolute Gasteiger partial charge is 0.465 e. The molecule has 0 bridgehead atoms. The van der Waals surface area contributed by atoms with Gasteiger partial charge in [-0.3, -0.25) is 4.98 Å². The van der Waals surface area contributed by atoms with Gasteiger partial charge in [0.1, 0.15) is 11.5 Å². The highest BCUT2D eigenvalue weighted by Crippen LogP contribution is 2.13. The highest BCUT2D eigenvalue weighted by molar-refractivity contribution is 7.71. The summed E-state index contributed by atoms with van der Waals surface area (Å²) in [6.45, 7) is 1.93. The Labute approximate surface area is 131 Å². The van der Waals surface area contributed by atoms with Gasteiger partial charge in [-0.05, 0) is 55.1 Å². The summed E-state index contributed by atoms with van der Waals surface area (Å²) in [5, 5.41) is 11.3. The van der Waals surface area contributed by atoms with Crippen LogP contribution in [0.1, 0.15) is 12.7 Å². The first kappa shape index (κ1) is 14.2. The Bertz CT molecular complexity index is 859. The molecule has 0 amide bonds. The van der Waals surface area contributed by atoms with Crippen molar-refractivity contribution >= 4 is 24.5 Å². The van der Waals surface area contributed by atoms with E-state index in [1.54, 1.807) is 18.7 Å². The Morgan fingerprint density at radius 3 is 3.00 bits per heavy atom. The molecule has 0 aromatic carbocycles. The van der Waals surface area contributed by atoms with Crippen molar-refractivity contribution in [1.29, 1.82) is 0 Å². The molecule has 3 aromatic rings. The Morgan fingerprint density at radius 1 is 1.36 bits per heavy atom. The van der Waals surface area contributed by atoms with E-state index >= 15 is 0 Å². The van der Waals surface area contributed by atoms with Crippen molar-refractivity contribution in [2.45, 2.75) is 6.92 Å². The number of aromatic nitrogens is 4. The zero-order valence-corrected chi connectivity index (χ0v) is 12.6. The molecule has 3 aromatic heterocycles. The molecule has 0 aliphatic heterocycles. The molecule has 3 heterocycles. The van der Waals surface area contributed by atoms with Gasteiger partial charge >= 0.3 is 0 Å². The lowest BCUT2D eigenvalue weighted by Crippen LogP contribution is -1.96.